The number of alkyl halides is 3. The first-order valence-corrected chi connectivity index (χ1v) is 5.63. The molecule has 0 saturated carbocycles. The summed E-state index contributed by atoms with van der Waals surface area (Å²) >= 11 is 8.74. The molecule has 0 aliphatic rings. The first-order valence-electron chi connectivity index (χ1n) is 4.40. The van der Waals surface area contributed by atoms with Gasteiger partial charge in [0.2, 0.25) is 0 Å². The van der Waals surface area contributed by atoms with Gasteiger partial charge >= 0.3 is 0 Å². The minimum absolute atomic E-state index is 0.370. The van der Waals surface area contributed by atoms with E-state index in [1.165, 1.54) is 0 Å². The van der Waals surface area contributed by atoms with Crippen LogP contribution in [0.15, 0.2) is 22.7 Å². The SMILES string of the molecule is CCOc1ccc(C(Cl)C(F)F)c(Br)c1. The summed E-state index contributed by atoms with van der Waals surface area (Å²) in [7, 11) is 0. The van der Waals surface area contributed by atoms with Crippen molar-refractivity contribution < 1.29 is 13.5 Å². The fraction of sp³-hybridized carbons (Fsp3) is 0.400. The predicted molar refractivity (Wildman–Crippen MR) is 59.9 cm³/mol. The Morgan fingerprint density at radius 2 is 2.13 bits per heavy atom. The van der Waals surface area contributed by atoms with Gasteiger partial charge in [-0.05, 0) is 24.6 Å². The lowest BCUT2D eigenvalue weighted by Crippen LogP contribution is -2.03. The molecule has 0 heterocycles. The third-order valence-electron chi connectivity index (χ3n) is 1.80. The molecule has 5 heteroatoms. The summed E-state index contributed by atoms with van der Waals surface area (Å²) in [4.78, 5) is 0. The molecule has 1 rings (SSSR count). The second kappa shape index (κ2) is 5.66. The molecule has 1 unspecified atom stereocenters. The normalized spacial score (nSPS) is 12.9. The Bertz CT molecular complexity index is 333. The van der Waals surface area contributed by atoms with Crippen molar-refractivity contribution in [1.29, 1.82) is 0 Å². The van der Waals surface area contributed by atoms with Crippen LogP contribution in [0.1, 0.15) is 17.9 Å². The zero-order valence-electron chi connectivity index (χ0n) is 8.01. The molecule has 0 saturated heterocycles. The van der Waals surface area contributed by atoms with E-state index >= 15 is 0 Å². The van der Waals surface area contributed by atoms with E-state index in [1.807, 2.05) is 6.92 Å². The van der Waals surface area contributed by atoms with Gasteiger partial charge in [0.1, 0.15) is 11.1 Å². The molecular formula is C10H10BrClF2O. The third-order valence-corrected chi connectivity index (χ3v) is 2.91. The van der Waals surface area contributed by atoms with Crippen LogP contribution < -0.4 is 4.74 Å². The summed E-state index contributed by atoms with van der Waals surface area (Å²) in [6.45, 7) is 2.39. The van der Waals surface area contributed by atoms with Crippen molar-refractivity contribution in [3.8, 4) is 5.75 Å². The lowest BCUT2D eigenvalue weighted by atomic mass is 10.1. The van der Waals surface area contributed by atoms with Crippen LogP contribution in [0.4, 0.5) is 8.78 Å². The van der Waals surface area contributed by atoms with E-state index in [2.05, 4.69) is 15.9 Å². The Hall–Kier alpha value is -0.350. The summed E-state index contributed by atoms with van der Waals surface area (Å²) in [6.07, 6.45) is -2.58. The van der Waals surface area contributed by atoms with Crippen LogP contribution in [-0.2, 0) is 0 Å². The van der Waals surface area contributed by atoms with Gasteiger partial charge < -0.3 is 4.74 Å². The highest BCUT2D eigenvalue weighted by Gasteiger charge is 2.21. The number of benzene rings is 1. The zero-order valence-corrected chi connectivity index (χ0v) is 10.4. The van der Waals surface area contributed by atoms with Gasteiger partial charge in [-0.15, -0.1) is 11.6 Å². The lowest BCUT2D eigenvalue weighted by Gasteiger charge is -2.12. The first kappa shape index (κ1) is 12.7. The Morgan fingerprint density at radius 1 is 1.47 bits per heavy atom. The van der Waals surface area contributed by atoms with Crippen LogP contribution in [0.25, 0.3) is 0 Å². The average molecular weight is 300 g/mol. The van der Waals surface area contributed by atoms with Crippen molar-refractivity contribution in [3.63, 3.8) is 0 Å². The minimum Gasteiger partial charge on any atom is -0.494 e. The zero-order chi connectivity index (χ0) is 11.4. The van der Waals surface area contributed by atoms with Crippen LogP contribution in [0.3, 0.4) is 0 Å². The van der Waals surface area contributed by atoms with Gasteiger partial charge in [-0.3, -0.25) is 0 Å². The number of ether oxygens (including phenoxy) is 1. The molecule has 1 aromatic carbocycles. The summed E-state index contributed by atoms with van der Waals surface area (Å²) in [5.74, 6) is 0.631. The second-order valence-corrected chi connectivity index (χ2v) is 4.18. The highest BCUT2D eigenvalue weighted by Crippen LogP contribution is 2.34. The summed E-state index contributed by atoms with van der Waals surface area (Å²) in [6, 6.07) is 4.80. The number of hydrogen-bond acceptors (Lipinski definition) is 1. The molecule has 1 atom stereocenters. The molecule has 0 aromatic heterocycles. The van der Waals surface area contributed by atoms with Crippen molar-refractivity contribution in [1.82, 2.24) is 0 Å². The molecule has 1 aromatic rings. The van der Waals surface area contributed by atoms with Crippen molar-refractivity contribution in [2.24, 2.45) is 0 Å². The van der Waals surface area contributed by atoms with Gasteiger partial charge in [-0.25, -0.2) is 8.78 Å². The van der Waals surface area contributed by atoms with Crippen LogP contribution in [0.5, 0.6) is 5.75 Å². The fourth-order valence-corrected chi connectivity index (χ4v) is 2.05. The lowest BCUT2D eigenvalue weighted by molar-refractivity contribution is 0.142. The Kier molecular flexibility index (Phi) is 4.80. The van der Waals surface area contributed by atoms with E-state index < -0.39 is 11.8 Å². The summed E-state index contributed by atoms with van der Waals surface area (Å²) < 4.78 is 30.5. The van der Waals surface area contributed by atoms with Gasteiger partial charge in [0.05, 0.1) is 6.61 Å². The van der Waals surface area contributed by atoms with Crippen LogP contribution in [-0.4, -0.2) is 13.0 Å². The monoisotopic (exact) mass is 298 g/mol. The van der Waals surface area contributed by atoms with Gasteiger partial charge in [0.25, 0.3) is 6.43 Å². The number of rotatable bonds is 4. The summed E-state index contributed by atoms with van der Waals surface area (Å²) in [5, 5.41) is -1.30. The molecule has 0 spiro atoms. The summed E-state index contributed by atoms with van der Waals surface area (Å²) in [5.41, 5.74) is 0.370. The molecule has 0 N–H and O–H groups in total. The van der Waals surface area contributed by atoms with E-state index in [4.69, 9.17) is 16.3 Å². The predicted octanol–water partition coefficient (Wildman–Crippen LogP) is 4.39. The maximum atomic E-state index is 12.4. The largest absolute Gasteiger partial charge is 0.494 e. The Morgan fingerprint density at radius 3 is 2.60 bits per heavy atom. The highest BCUT2D eigenvalue weighted by atomic mass is 79.9. The number of hydrogen-bond donors (Lipinski definition) is 0. The Balaban J connectivity index is 2.92. The quantitative estimate of drug-likeness (QED) is 0.749. The van der Waals surface area contributed by atoms with E-state index in [0.29, 0.717) is 22.4 Å². The van der Waals surface area contributed by atoms with Gasteiger partial charge in [0, 0.05) is 4.47 Å². The highest BCUT2D eigenvalue weighted by molar-refractivity contribution is 9.10. The number of halogens is 4. The van der Waals surface area contributed by atoms with E-state index in [9.17, 15) is 8.78 Å². The molecule has 0 fully saturated rings. The smallest absolute Gasteiger partial charge is 0.258 e. The first-order chi connectivity index (χ1) is 7.06. The molecule has 84 valence electrons. The second-order valence-electron chi connectivity index (χ2n) is 2.85. The molecule has 0 bridgehead atoms. The van der Waals surface area contributed by atoms with Crippen molar-refractivity contribution in [3.05, 3.63) is 28.2 Å². The van der Waals surface area contributed by atoms with Crippen LogP contribution in [0.2, 0.25) is 0 Å². The molecule has 0 amide bonds. The van der Waals surface area contributed by atoms with Crippen molar-refractivity contribution in [2.45, 2.75) is 18.7 Å². The molecule has 0 aliphatic carbocycles. The molecule has 0 radical (unpaired) electrons. The van der Waals surface area contributed by atoms with Crippen LogP contribution in [0, 0.1) is 0 Å². The van der Waals surface area contributed by atoms with E-state index in [0.717, 1.165) is 0 Å². The van der Waals surface area contributed by atoms with E-state index in [1.54, 1.807) is 18.2 Å². The molecule has 15 heavy (non-hydrogen) atoms. The third kappa shape index (κ3) is 3.31. The topological polar surface area (TPSA) is 9.23 Å². The fourth-order valence-electron chi connectivity index (χ4n) is 1.12. The maximum absolute atomic E-state index is 12.4. The van der Waals surface area contributed by atoms with Gasteiger partial charge in [0.15, 0.2) is 0 Å². The van der Waals surface area contributed by atoms with Gasteiger partial charge in [-0.2, -0.15) is 0 Å². The molecule has 1 nitrogen and oxygen atoms in total. The van der Waals surface area contributed by atoms with Crippen LogP contribution >= 0.6 is 27.5 Å². The van der Waals surface area contributed by atoms with Crippen molar-refractivity contribution in [2.75, 3.05) is 6.61 Å². The standard InChI is InChI=1S/C10H10BrClF2O/c1-2-15-6-3-4-7(8(11)5-6)9(12)10(13)14/h3-5,9-10H,2H2,1H3. The minimum atomic E-state index is -2.58. The van der Waals surface area contributed by atoms with E-state index in [-0.39, 0.29) is 0 Å². The average Bonchev–Trinajstić information content (AvgIpc) is 2.17. The molecular weight excluding hydrogens is 289 g/mol. The van der Waals surface area contributed by atoms with Crippen molar-refractivity contribution >= 4 is 27.5 Å². The maximum Gasteiger partial charge on any atom is 0.258 e. The molecule has 0 aliphatic heterocycles. The van der Waals surface area contributed by atoms with Gasteiger partial charge in [-0.1, -0.05) is 22.0 Å². The Labute approximate surface area is 101 Å².